The monoisotopic (exact) mass is 274 g/mol. The topological polar surface area (TPSA) is 112 Å². The van der Waals surface area contributed by atoms with Gasteiger partial charge in [0.25, 0.3) is 0 Å². The van der Waals surface area contributed by atoms with Crippen LogP contribution in [0.2, 0.25) is 0 Å². The first-order valence-corrected chi connectivity index (χ1v) is 5.65. The lowest BCUT2D eigenvalue weighted by atomic mass is 10.2. The van der Waals surface area contributed by atoms with Gasteiger partial charge in [-0.05, 0) is 18.2 Å². The minimum Gasteiger partial charge on any atom is -0.454 e. The van der Waals surface area contributed by atoms with Crippen molar-refractivity contribution in [2.75, 3.05) is 6.79 Å². The van der Waals surface area contributed by atoms with Gasteiger partial charge in [0.15, 0.2) is 17.3 Å². The van der Waals surface area contributed by atoms with Crippen LogP contribution in [0.25, 0.3) is 0 Å². The second kappa shape index (κ2) is 4.92. The zero-order valence-corrected chi connectivity index (χ0v) is 10.2. The molecule has 0 amide bonds. The number of aromatic nitrogens is 2. The van der Waals surface area contributed by atoms with Crippen LogP contribution in [0.1, 0.15) is 5.56 Å². The van der Waals surface area contributed by atoms with Gasteiger partial charge in [0.05, 0.1) is 11.8 Å². The molecule has 0 saturated carbocycles. The third-order valence-electron chi connectivity index (χ3n) is 2.63. The quantitative estimate of drug-likeness (QED) is 0.373. The lowest BCUT2D eigenvalue weighted by Gasteiger charge is -2.08. The van der Waals surface area contributed by atoms with E-state index < -0.39 is 0 Å². The van der Waals surface area contributed by atoms with Crippen molar-refractivity contribution in [2.45, 2.75) is 0 Å². The normalized spacial score (nSPS) is 13.3. The van der Waals surface area contributed by atoms with E-state index in [1.165, 1.54) is 12.3 Å². The lowest BCUT2D eigenvalue weighted by Crippen LogP contribution is -2.15. The highest BCUT2D eigenvalue weighted by Crippen LogP contribution is 2.36. The van der Waals surface area contributed by atoms with E-state index >= 15 is 0 Å². The average molecular weight is 274 g/mol. The van der Waals surface area contributed by atoms with E-state index in [-0.39, 0.29) is 18.5 Å². The number of oxime groups is 1. The van der Waals surface area contributed by atoms with E-state index in [0.717, 1.165) is 0 Å². The summed E-state index contributed by atoms with van der Waals surface area (Å²) in [6, 6.07) is 6.60. The van der Waals surface area contributed by atoms with Crippen LogP contribution in [-0.4, -0.2) is 28.0 Å². The predicted octanol–water partition coefficient (Wildman–Crippen LogP) is 1.09. The zero-order valence-electron chi connectivity index (χ0n) is 10.2. The molecule has 0 aliphatic carbocycles. The first kappa shape index (κ1) is 12.0. The first-order chi connectivity index (χ1) is 9.78. The zero-order chi connectivity index (χ0) is 13.9. The molecule has 3 rings (SSSR count). The average Bonchev–Trinajstić information content (AvgIpc) is 2.94. The Morgan fingerprint density at radius 3 is 3.00 bits per heavy atom. The Labute approximate surface area is 113 Å². The molecule has 0 fully saturated rings. The summed E-state index contributed by atoms with van der Waals surface area (Å²) in [5.74, 6) is 1.71. The number of amidine groups is 1. The van der Waals surface area contributed by atoms with Gasteiger partial charge < -0.3 is 25.2 Å². The molecule has 0 unspecified atom stereocenters. The van der Waals surface area contributed by atoms with Gasteiger partial charge in [-0.2, -0.15) is 5.10 Å². The third kappa shape index (κ3) is 2.14. The molecule has 0 spiro atoms. The van der Waals surface area contributed by atoms with Crippen molar-refractivity contribution < 1.29 is 19.4 Å². The molecule has 102 valence electrons. The van der Waals surface area contributed by atoms with Crippen molar-refractivity contribution in [2.24, 2.45) is 10.9 Å². The number of rotatable bonds is 3. The van der Waals surface area contributed by atoms with Gasteiger partial charge in [0.1, 0.15) is 5.75 Å². The van der Waals surface area contributed by atoms with Crippen LogP contribution in [0.5, 0.6) is 23.1 Å². The van der Waals surface area contributed by atoms with Gasteiger partial charge >= 0.3 is 0 Å². The largest absolute Gasteiger partial charge is 0.454 e. The predicted molar refractivity (Wildman–Crippen MR) is 67.2 cm³/mol. The Hall–Kier alpha value is -3.03. The highest BCUT2D eigenvalue weighted by Gasteiger charge is 2.16. The standard InChI is InChI=1S/C12H10N4O4/c13-11(16-17)8-3-4-14-15-12(8)20-7-1-2-9-10(5-7)19-6-18-9/h1-5,17H,6H2,(H2,13,16). The minimum atomic E-state index is -0.115. The highest BCUT2D eigenvalue weighted by molar-refractivity contribution is 5.98. The molecule has 8 heteroatoms. The first-order valence-electron chi connectivity index (χ1n) is 5.65. The smallest absolute Gasteiger partial charge is 0.250 e. The molecular weight excluding hydrogens is 264 g/mol. The molecule has 1 aromatic heterocycles. The van der Waals surface area contributed by atoms with Gasteiger partial charge in [-0.15, -0.1) is 5.10 Å². The van der Waals surface area contributed by atoms with Crippen LogP contribution in [-0.2, 0) is 0 Å². The molecule has 1 aliphatic heterocycles. The third-order valence-corrected chi connectivity index (χ3v) is 2.63. The number of hydrogen-bond donors (Lipinski definition) is 2. The maximum atomic E-state index is 8.73. The van der Waals surface area contributed by atoms with Crippen LogP contribution in [0.3, 0.4) is 0 Å². The van der Waals surface area contributed by atoms with Gasteiger partial charge in [-0.1, -0.05) is 5.16 Å². The maximum Gasteiger partial charge on any atom is 0.250 e. The van der Waals surface area contributed by atoms with E-state index in [1.807, 2.05) is 0 Å². The molecule has 0 saturated heterocycles. The summed E-state index contributed by atoms with van der Waals surface area (Å²) in [6.45, 7) is 0.180. The fraction of sp³-hybridized carbons (Fsp3) is 0.0833. The summed E-state index contributed by atoms with van der Waals surface area (Å²) in [5, 5.41) is 19.2. The number of ether oxygens (including phenoxy) is 3. The fourth-order valence-corrected chi connectivity index (χ4v) is 1.69. The molecule has 8 nitrogen and oxygen atoms in total. The van der Waals surface area contributed by atoms with Crippen LogP contribution >= 0.6 is 0 Å². The van der Waals surface area contributed by atoms with E-state index in [9.17, 15) is 0 Å². The number of nitrogens with zero attached hydrogens (tertiary/aromatic N) is 3. The molecule has 1 aliphatic rings. The van der Waals surface area contributed by atoms with Crippen molar-refractivity contribution >= 4 is 5.84 Å². The molecular formula is C12H10N4O4. The summed E-state index contributed by atoms with van der Waals surface area (Å²) < 4.78 is 16.0. The number of fused-ring (bicyclic) bond motifs is 1. The van der Waals surface area contributed by atoms with Gasteiger partial charge in [0.2, 0.25) is 12.7 Å². The summed E-state index contributed by atoms with van der Waals surface area (Å²) in [7, 11) is 0. The molecule has 2 heterocycles. The molecule has 0 radical (unpaired) electrons. The van der Waals surface area contributed by atoms with E-state index in [1.54, 1.807) is 18.2 Å². The molecule has 1 aromatic carbocycles. The van der Waals surface area contributed by atoms with Gasteiger partial charge in [0, 0.05) is 6.07 Å². The molecule has 0 atom stereocenters. The summed E-state index contributed by atoms with van der Waals surface area (Å²) in [4.78, 5) is 0. The Bertz CT molecular complexity index is 674. The second-order valence-corrected chi connectivity index (χ2v) is 3.85. The maximum absolute atomic E-state index is 8.73. The van der Waals surface area contributed by atoms with E-state index in [0.29, 0.717) is 22.8 Å². The second-order valence-electron chi connectivity index (χ2n) is 3.85. The van der Waals surface area contributed by atoms with Crippen molar-refractivity contribution in [3.05, 3.63) is 36.0 Å². The Kier molecular flexibility index (Phi) is 2.96. The van der Waals surface area contributed by atoms with Crippen LogP contribution in [0.15, 0.2) is 35.6 Å². The number of nitrogens with two attached hydrogens (primary N) is 1. The van der Waals surface area contributed by atoms with Crippen LogP contribution in [0, 0.1) is 0 Å². The van der Waals surface area contributed by atoms with Crippen LogP contribution in [0.4, 0.5) is 0 Å². The summed E-state index contributed by atoms with van der Waals surface area (Å²) >= 11 is 0. The van der Waals surface area contributed by atoms with Crippen molar-refractivity contribution in [3.63, 3.8) is 0 Å². The highest BCUT2D eigenvalue weighted by atomic mass is 16.7. The molecule has 0 bridgehead atoms. The SMILES string of the molecule is N/C(=N/O)c1ccnnc1Oc1ccc2c(c1)OCO2. The number of benzene rings is 1. The Morgan fingerprint density at radius 1 is 1.30 bits per heavy atom. The van der Waals surface area contributed by atoms with Crippen LogP contribution < -0.4 is 19.9 Å². The fourth-order valence-electron chi connectivity index (χ4n) is 1.69. The van der Waals surface area contributed by atoms with Crippen molar-refractivity contribution in [3.8, 4) is 23.1 Å². The Morgan fingerprint density at radius 2 is 2.15 bits per heavy atom. The minimum absolute atomic E-state index is 0.115. The summed E-state index contributed by atoms with van der Waals surface area (Å²) in [5.41, 5.74) is 5.88. The van der Waals surface area contributed by atoms with Gasteiger partial charge in [-0.25, -0.2) is 0 Å². The number of hydrogen-bond acceptors (Lipinski definition) is 7. The van der Waals surface area contributed by atoms with E-state index in [4.69, 9.17) is 25.2 Å². The van der Waals surface area contributed by atoms with Crippen molar-refractivity contribution in [1.82, 2.24) is 10.2 Å². The van der Waals surface area contributed by atoms with Gasteiger partial charge in [-0.3, -0.25) is 0 Å². The van der Waals surface area contributed by atoms with E-state index in [2.05, 4.69) is 15.4 Å². The Balaban J connectivity index is 1.92. The summed E-state index contributed by atoms with van der Waals surface area (Å²) in [6.07, 6.45) is 1.42. The molecule has 2 aromatic rings. The lowest BCUT2D eigenvalue weighted by molar-refractivity contribution is 0.174. The molecule has 3 N–H and O–H groups in total. The molecule has 20 heavy (non-hydrogen) atoms. The van der Waals surface area contributed by atoms with Crippen molar-refractivity contribution in [1.29, 1.82) is 0 Å².